The Kier molecular flexibility index (Phi) is 4.77. The number of anilines is 4. The molecule has 0 atom stereocenters. The maximum absolute atomic E-state index is 11.6. The van der Waals surface area contributed by atoms with E-state index in [9.17, 15) is 4.79 Å². The van der Waals surface area contributed by atoms with Crippen molar-refractivity contribution in [2.45, 2.75) is 6.92 Å². The normalized spacial score (nSPS) is 10.1. The molecule has 7 heteroatoms. The van der Waals surface area contributed by atoms with Crippen LogP contribution in [0, 0.1) is 0 Å². The van der Waals surface area contributed by atoms with Crippen LogP contribution in [-0.2, 0) is 4.74 Å². The van der Waals surface area contributed by atoms with E-state index >= 15 is 0 Å². The summed E-state index contributed by atoms with van der Waals surface area (Å²) < 4.78 is 4.94. The highest BCUT2D eigenvalue weighted by molar-refractivity contribution is 5.90. The molecule has 0 saturated carbocycles. The first-order valence-corrected chi connectivity index (χ1v) is 6.85. The Bertz CT molecular complexity index is 655. The van der Waals surface area contributed by atoms with Gasteiger partial charge >= 0.3 is 5.97 Å². The van der Waals surface area contributed by atoms with Crippen LogP contribution in [0.4, 0.5) is 23.0 Å². The molecule has 2 aromatic rings. The maximum Gasteiger partial charge on any atom is 0.338 e. The van der Waals surface area contributed by atoms with Crippen LogP contribution in [0.2, 0.25) is 0 Å². The van der Waals surface area contributed by atoms with Gasteiger partial charge in [0, 0.05) is 19.8 Å². The molecule has 0 unspecified atom stereocenters. The van der Waals surface area contributed by atoms with Gasteiger partial charge in [-0.25, -0.2) is 14.8 Å². The quantitative estimate of drug-likeness (QED) is 0.816. The molecule has 0 spiro atoms. The van der Waals surface area contributed by atoms with Crippen molar-refractivity contribution in [2.24, 2.45) is 0 Å². The summed E-state index contributed by atoms with van der Waals surface area (Å²) >= 11 is 0. The first-order valence-electron chi connectivity index (χ1n) is 6.85. The average Bonchev–Trinajstić information content (AvgIpc) is 2.50. The molecule has 3 N–H and O–H groups in total. The van der Waals surface area contributed by atoms with Gasteiger partial charge in [0.1, 0.15) is 12.0 Å². The Morgan fingerprint density at radius 1 is 1.27 bits per heavy atom. The lowest BCUT2D eigenvalue weighted by Crippen LogP contribution is -2.14. The van der Waals surface area contributed by atoms with Gasteiger partial charge in [0.05, 0.1) is 12.2 Å². The van der Waals surface area contributed by atoms with Gasteiger partial charge in [-0.1, -0.05) is 0 Å². The second kappa shape index (κ2) is 6.75. The largest absolute Gasteiger partial charge is 0.462 e. The molecule has 1 aromatic carbocycles. The SMILES string of the molecule is CCOC(=O)c1ccc(Nc2ncnc(N(C)C)c2N)cc1. The molecule has 2 rings (SSSR count). The Balaban J connectivity index is 2.18. The summed E-state index contributed by atoms with van der Waals surface area (Å²) in [5.74, 6) is 0.814. The Labute approximate surface area is 129 Å². The minimum Gasteiger partial charge on any atom is -0.462 e. The Morgan fingerprint density at radius 2 is 1.95 bits per heavy atom. The van der Waals surface area contributed by atoms with E-state index in [4.69, 9.17) is 10.5 Å². The molecule has 22 heavy (non-hydrogen) atoms. The monoisotopic (exact) mass is 301 g/mol. The zero-order valence-corrected chi connectivity index (χ0v) is 12.8. The molecule has 1 aromatic heterocycles. The topological polar surface area (TPSA) is 93.4 Å². The van der Waals surface area contributed by atoms with E-state index < -0.39 is 0 Å². The van der Waals surface area contributed by atoms with Crippen LogP contribution in [0.25, 0.3) is 0 Å². The van der Waals surface area contributed by atoms with Crippen LogP contribution in [-0.4, -0.2) is 36.6 Å². The lowest BCUT2D eigenvalue weighted by molar-refractivity contribution is 0.0526. The Hall–Kier alpha value is -2.83. The Morgan fingerprint density at radius 3 is 2.55 bits per heavy atom. The molecular weight excluding hydrogens is 282 g/mol. The van der Waals surface area contributed by atoms with Gasteiger partial charge in [0.25, 0.3) is 0 Å². The standard InChI is InChI=1S/C15H19N5O2/c1-4-22-15(21)10-5-7-11(8-6-10)19-13-12(16)14(20(2)3)18-9-17-13/h5-9H,4,16H2,1-3H3,(H,17,18,19). The van der Waals surface area contributed by atoms with Crippen molar-refractivity contribution < 1.29 is 9.53 Å². The van der Waals surface area contributed by atoms with E-state index in [0.29, 0.717) is 29.5 Å². The smallest absolute Gasteiger partial charge is 0.338 e. The predicted molar refractivity (Wildman–Crippen MR) is 86.5 cm³/mol. The molecule has 0 aliphatic rings. The van der Waals surface area contributed by atoms with Gasteiger partial charge in [0.2, 0.25) is 0 Å². The summed E-state index contributed by atoms with van der Waals surface area (Å²) in [6.45, 7) is 2.12. The van der Waals surface area contributed by atoms with E-state index in [0.717, 1.165) is 5.69 Å². The zero-order valence-electron chi connectivity index (χ0n) is 12.8. The van der Waals surface area contributed by atoms with Gasteiger partial charge in [-0.3, -0.25) is 0 Å². The van der Waals surface area contributed by atoms with E-state index in [1.165, 1.54) is 6.33 Å². The van der Waals surface area contributed by atoms with Crippen molar-refractivity contribution in [1.29, 1.82) is 0 Å². The molecule has 0 fully saturated rings. The highest BCUT2D eigenvalue weighted by Gasteiger charge is 2.10. The number of carbonyl (C=O) groups is 1. The summed E-state index contributed by atoms with van der Waals surface area (Å²) in [5, 5.41) is 3.11. The molecule has 0 radical (unpaired) electrons. The van der Waals surface area contributed by atoms with Crippen molar-refractivity contribution in [3.8, 4) is 0 Å². The van der Waals surface area contributed by atoms with Gasteiger partial charge in [-0.2, -0.15) is 0 Å². The minimum absolute atomic E-state index is 0.342. The number of ether oxygens (including phenoxy) is 1. The van der Waals surface area contributed by atoms with Gasteiger partial charge in [-0.05, 0) is 31.2 Å². The van der Waals surface area contributed by atoms with Crippen molar-refractivity contribution in [3.63, 3.8) is 0 Å². The minimum atomic E-state index is -0.342. The fourth-order valence-corrected chi connectivity index (χ4v) is 1.88. The van der Waals surface area contributed by atoms with Crippen molar-refractivity contribution in [1.82, 2.24) is 9.97 Å². The first kappa shape index (κ1) is 15.6. The van der Waals surface area contributed by atoms with Crippen LogP contribution in [0.3, 0.4) is 0 Å². The summed E-state index contributed by atoms with van der Waals surface area (Å²) in [6, 6.07) is 6.90. The molecule has 0 bridgehead atoms. The van der Waals surface area contributed by atoms with E-state index in [1.807, 2.05) is 19.0 Å². The number of nitrogens with zero attached hydrogens (tertiary/aromatic N) is 3. The molecule has 0 amide bonds. The molecule has 7 nitrogen and oxygen atoms in total. The van der Waals surface area contributed by atoms with Crippen LogP contribution >= 0.6 is 0 Å². The third-order valence-electron chi connectivity index (χ3n) is 2.95. The van der Waals surface area contributed by atoms with E-state index in [-0.39, 0.29) is 5.97 Å². The number of hydrogen-bond donors (Lipinski definition) is 2. The second-order valence-electron chi connectivity index (χ2n) is 4.78. The summed E-state index contributed by atoms with van der Waals surface area (Å²) in [6.07, 6.45) is 1.45. The third kappa shape index (κ3) is 3.43. The number of nitrogen functional groups attached to an aromatic ring is 1. The second-order valence-corrected chi connectivity index (χ2v) is 4.78. The van der Waals surface area contributed by atoms with E-state index in [1.54, 1.807) is 31.2 Å². The zero-order chi connectivity index (χ0) is 16.1. The number of aromatic nitrogens is 2. The van der Waals surface area contributed by atoms with Crippen LogP contribution in [0.15, 0.2) is 30.6 Å². The average molecular weight is 301 g/mol. The predicted octanol–water partition coefficient (Wildman–Crippen LogP) is 2.05. The van der Waals surface area contributed by atoms with E-state index in [2.05, 4.69) is 15.3 Å². The fourth-order valence-electron chi connectivity index (χ4n) is 1.88. The van der Waals surface area contributed by atoms with Gasteiger partial charge < -0.3 is 20.7 Å². The van der Waals surface area contributed by atoms with Crippen LogP contribution < -0.4 is 16.0 Å². The lowest BCUT2D eigenvalue weighted by atomic mass is 10.2. The van der Waals surface area contributed by atoms with Crippen molar-refractivity contribution in [2.75, 3.05) is 36.7 Å². The number of rotatable bonds is 5. The third-order valence-corrected chi connectivity index (χ3v) is 2.95. The number of nitrogens with one attached hydrogen (secondary N) is 1. The molecule has 0 aliphatic carbocycles. The number of hydrogen-bond acceptors (Lipinski definition) is 7. The fraction of sp³-hybridized carbons (Fsp3) is 0.267. The first-order chi connectivity index (χ1) is 10.5. The van der Waals surface area contributed by atoms with Crippen LogP contribution in [0.5, 0.6) is 0 Å². The molecule has 0 saturated heterocycles. The van der Waals surface area contributed by atoms with Crippen molar-refractivity contribution >= 4 is 29.0 Å². The van der Waals surface area contributed by atoms with Gasteiger partial charge in [-0.15, -0.1) is 0 Å². The molecular formula is C15H19N5O2. The molecule has 116 valence electrons. The number of carbonyl (C=O) groups excluding carboxylic acids is 1. The highest BCUT2D eigenvalue weighted by atomic mass is 16.5. The summed E-state index contributed by atoms with van der Waals surface area (Å²) in [4.78, 5) is 21.7. The van der Waals surface area contributed by atoms with Gasteiger partial charge in [0.15, 0.2) is 11.6 Å². The summed E-state index contributed by atoms with van der Waals surface area (Å²) in [7, 11) is 3.72. The highest BCUT2D eigenvalue weighted by Crippen LogP contribution is 2.27. The maximum atomic E-state index is 11.6. The van der Waals surface area contributed by atoms with Crippen LogP contribution in [0.1, 0.15) is 17.3 Å². The lowest BCUT2D eigenvalue weighted by Gasteiger charge is -2.16. The molecule has 0 aliphatic heterocycles. The number of benzene rings is 1. The number of nitrogens with two attached hydrogens (primary N) is 1. The number of esters is 1. The summed E-state index contributed by atoms with van der Waals surface area (Å²) in [5.41, 5.74) is 7.77. The van der Waals surface area contributed by atoms with Crippen molar-refractivity contribution in [3.05, 3.63) is 36.2 Å². The molecule has 1 heterocycles.